The second-order valence-electron chi connectivity index (χ2n) is 9.04. The number of carbonyl (C=O) groups is 1. The predicted molar refractivity (Wildman–Crippen MR) is 150 cm³/mol. The van der Waals surface area contributed by atoms with Crippen LogP contribution in [0.5, 0.6) is 0 Å². The molecule has 1 aliphatic heterocycles. The van der Waals surface area contributed by atoms with E-state index in [1.165, 1.54) is 17.8 Å². The van der Waals surface area contributed by atoms with E-state index in [1.807, 2.05) is 41.3 Å². The number of rotatable bonds is 10. The molecule has 1 saturated heterocycles. The summed E-state index contributed by atoms with van der Waals surface area (Å²) < 4.78 is 14.2. The normalized spacial score (nSPS) is 13.6. The van der Waals surface area contributed by atoms with E-state index in [0.717, 1.165) is 37.3 Å². The molecule has 0 spiro atoms. The molecule has 6 nitrogen and oxygen atoms in total. The quantitative estimate of drug-likeness (QED) is 0.174. The number of amides is 1. The minimum Gasteiger partial charge on any atom is -0.366 e. The topological polar surface area (TPSA) is 52.6 Å². The van der Waals surface area contributed by atoms with Gasteiger partial charge in [-0.2, -0.15) is 0 Å². The van der Waals surface area contributed by atoms with E-state index in [2.05, 4.69) is 28.6 Å². The number of thioether (sulfide) groups is 1. The van der Waals surface area contributed by atoms with E-state index >= 15 is 0 Å². The van der Waals surface area contributed by atoms with Gasteiger partial charge >= 0.3 is 0 Å². The molecule has 0 unspecified atom stereocenters. The molecule has 0 atom stereocenters. The first-order valence-corrected chi connectivity index (χ1v) is 14.1. The highest BCUT2D eigenvalue weighted by Gasteiger charge is 2.21. The SMILES string of the molecule is CCCN(CCC)C(=O)c1cccc(CSc2nc(Cl)cc(N3CCN(c4ccccc4F)CC3)n2)c1. The molecule has 3 aromatic rings. The van der Waals surface area contributed by atoms with Crippen LogP contribution in [0.25, 0.3) is 0 Å². The number of halogens is 2. The zero-order valence-electron chi connectivity index (χ0n) is 21.4. The van der Waals surface area contributed by atoms with Gasteiger partial charge in [0.15, 0.2) is 5.16 Å². The number of benzene rings is 2. The molecule has 0 radical (unpaired) electrons. The third kappa shape index (κ3) is 7.14. The molecule has 1 aliphatic rings. The molecular formula is C28H33ClFN5OS. The molecule has 9 heteroatoms. The van der Waals surface area contributed by atoms with Crippen LogP contribution in [0.1, 0.15) is 42.6 Å². The Labute approximate surface area is 227 Å². The van der Waals surface area contributed by atoms with Gasteiger partial charge in [-0.1, -0.05) is 61.5 Å². The summed E-state index contributed by atoms with van der Waals surface area (Å²) in [5, 5.41) is 0.983. The average molecular weight is 542 g/mol. The van der Waals surface area contributed by atoms with Crippen molar-refractivity contribution in [3.63, 3.8) is 0 Å². The largest absolute Gasteiger partial charge is 0.366 e. The highest BCUT2D eigenvalue weighted by Crippen LogP contribution is 2.27. The molecule has 4 rings (SSSR count). The molecule has 0 bridgehead atoms. The van der Waals surface area contributed by atoms with Gasteiger partial charge < -0.3 is 14.7 Å². The molecule has 1 fully saturated rings. The summed E-state index contributed by atoms with van der Waals surface area (Å²) in [6, 6.07) is 16.4. The summed E-state index contributed by atoms with van der Waals surface area (Å²) in [6.07, 6.45) is 1.88. The number of nitrogens with zero attached hydrogens (tertiary/aromatic N) is 5. The fraction of sp³-hybridized carbons (Fsp3) is 0.393. The van der Waals surface area contributed by atoms with Gasteiger partial charge in [-0.05, 0) is 42.7 Å². The molecule has 0 saturated carbocycles. The van der Waals surface area contributed by atoms with E-state index in [0.29, 0.717) is 53.5 Å². The Hall–Kier alpha value is -2.84. The summed E-state index contributed by atoms with van der Waals surface area (Å²) in [5.41, 5.74) is 2.38. The van der Waals surface area contributed by atoms with Crippen LogP contribution in [0.3, 0.4) is 0 Å². The standard InChI is InChI=1S/C28H33ClFN5OS/c1-3-12-35(13-4-2)27(36)22-9-7-8-21(18-22)20-37-28-31-25(29)19-26(32-28)34-16-14-33(15-17-34)24-11-6-5-10-23(24)30/h5-11,18-19H,3-4,12-17,20H2,1-2H3. The molecule has 196 valence electrons. The van der Waals surface area contributed by atoms with Crippen molar-refractivity contribution in [1.29, 1.82) is 0 Å². The zero-order valence-corrected chi connectivity index (χ0v) is 22.9. The predicted octanol–water partition coefficient (Wildman–Crippen LogP) is 6.15. The van der Waals surface area contributed by atoms with Gasteiger partial charge in [0.25, 0.3) is 5.91 Å². The van der Waals surface area contributed by atoms with E-state index < -0.39 is 0 Å². The van der Waals surface area contributed by atoms with Crippen molar-refractivity contribution in [3.8, 4) is 0 Å². The van der Waals surface area contributed by atoms with E-state index in [9.17, 15) is 9.18 Å². The molecule has 37 heavy (non-hydrogen) atoms. The van der Waals surface area contributed by atoms with Crippen molar-refractivity contribution in [2.24, 2.45) is 0 Å². The highest BCUT2D eigenvalue weighted by molar-refractivity contribution is 7.98. The van der Waals surface area contributed by atoms with Crippen molar-refractivity contribution in [3.05, 3.63) is 76.7 Å². The first-order chi connectivity index (χ1) is 18.0. The Morgan fingerprint density at radius 3 is 2.38 bits per heavy atom. The Balaban J connectivity index is 1.39. The monoisotopic (exact) mass is 541 g/mol. The van der Waals surface area contributed by atoms with Crippen LogP contribution in [0.4, 0.5) is 15.9 Å². The molecule has 0 N–H and O–H groups in total. The molecule has 1 amide bonds. The number of aromatic nitrogens is 2. The summed E-state index contributed by atoms with van der Waals surface area (Å²) in [6.45, 7) is 8.51. The van der Waals surface area contributed by atoms with Gasteiger partial charge in [-0.3, -0.25) is 4.79 Å². The number of anilines is 2. The van der Waals surface area contributed by atoms with Gasteiger partial charge in [-0.25, -0.2) is 14.4 Å². The van der Waals surface area contributed by atoms with Crippen molar-refractivity contribution in [2.45, 2.75) is 37.6 Å². The van der Waals surface area contributed by atoms with Crippen LogP contribution in [-0.4, -0.2) is 60.0 Å². The minimum atomic E-state index is -0.200. The lowest BCUT2D eigenvalue weighted by molar-refractivity contribution is 0.0755. The van der Waals surface area contributed by atoms with E-state index in [-0.39, 0.29) is 11.7 Å². The maximum Gasteiger partial charge on any atom is 0.253 e. The number of hydrogen-bond acceptors (Lipinski definition) is 6. The molecule has 1 aromatic heterocycles. The van der Waals surface area contributed by atoms with Crippen molar-refractivity contribution < 1.29 is 9.18 Å². The van der Waals surface area contributed by atoms with Gasteiger partial charge in [0.2, 0.25) is 0 Å². The lowest BCUT2D eigenvalue weighted by Crippen LogP contribution is -2.47. The third-order valence-electron chi connectivity index (χ3n) is 6.27. The van der Waals surface area contributed by atoms with E-state index in [4.69, 9.17) is 16.6 Å². The molecule has 0 aliphatic carbocycles. The van der Waals surface area contributed by atoms with Crippen molar-refractivity contribution in [1.82, 2.24) is 14.9 Å². The first kappa shape index (κ1) is 27.2. The minimum absolute atomic E-state index is 0.0753. The number of piperazine rings is 1. The molecule has 2 aromatic carbocycles. The molecule has 2 heterocycles. The van der Waals surface area contributed by atoms with Crippen LogP contribution in [0.15, 0.2) is 59.8 Å². The average Bonchev–Trinajstić information content (AvgIpc) is 2.92. The van der Waals surface area contributed by atoms with Gasteiger partial charge in [0.05, 0.1) is 5.69 Å². The number of para-hydroxylation sites is 1. The highest BCUT2D eigenvalue weighted by atomic mass is 35.5. The smallest absolute Gasteiger partial charge is 0.253 e. The van der Waals surface area contributed by atoms with Crippen molar-refractivity contribution >= 4 is 40.8 Å². The Morgan fingerprint density at radius 2 is 1.68 bits per heavy atom. The van der Waals surface area contributed by atoms with Gasteiger partial charge in [0.1, 0.15) is 16.8 Å². The summed E-state index contributed by atoms with van der Waals surface area (Å²) in [7, 11) is 0. The zero-order chi connectivity index (χ0) is 26.2. The number of hydrogen-bond donors (Lipinski definition) is 0. The van der Waals surface area contributed by atoms with Crippen LogP contribution in [0.2, 0.25) is 5.15 Å². The Kier molecular flexibility index (Phi) is 9.63. The second-order valence-corrected chi connectivity index (χ2v) is 10.4. The van der Waals surface area contributed by atoms with Crippen LogP contribution >= 0.6 is 23.4 Å². The second kappa shape index (κ2) is 13.1. The summed E-state index contributed by atoms with van der Waals surface area (Å²) >= 11 is 7.85. The molecular weight excluding hydrogens is 509 g/mol. The fourth-order valence-electron chi connectivity index (χ4n) is 4.48. The van der Waals surface area contributed by atoms with Gasteiger partial charge in [0, 0.05) is 56.7 Å². The van der Waals surface area contributed by atoms with Crippen LogP contribution in [-0.2, 0) is 5.75 Å². The van der Waals surface area contributed by atoms with Gasteiger partial charge in [-0.15, -0.1) is 0 Å². The summed E-state index contributed by atoms with van der Waals surface area (Å²) in [4.78, 5) is 28.3. The summed E-state index contributed by atoms with van der Waals surface area (Å²) in [5.74, 6) is 1.28. The maximum atomic E-state index is 14.2. The Morgan fingerprint density at radius 1 is 0.973 bits per heavy atom. The third-order valence-corrected chi connectivity index (χ3v) is 7.39. The van der Waals surface area contributed by atoms with E-state index in [1.54, 1.807) is 12.1 Å². The lowest BCUT2D eigenvalue weighted by atomic mass is 10.1. The first-order valence-electron chi connectivity index (χ1n) is 12.8. The van der Waals surface area contributed by atoms with Crippen LogP contribution in [0, 0.1) is 5.82 Å². The Bertz CT molecular complexity index is 1200. The fourth-order valence-corrected chi connectivity index (χ4v) is 5.50. The van der Waals surface area contributed by atoms with Crippen molar-refractivity contribution in [2.75, 3.05) is 49.1 Å². The number of carbonyl (C=O) groups excluding carboxylic acids is 1. The maximum absolute atomic E-state index is 14.2. The lowest BCUT2D eigenvalue weighted by Gasteiger charge is -2.36. The van der Waals surface area contributed by atoms with Crippen LogP contribution < -0.4 is 9.80 Å².